The molecule has 0 radical (unpaired) electrons. The molecule has 1 heterocycles. The third kappa shape index (κ3) is 1.23. The molecule has 0 unspecified atom stereocenters. The van der Waals surface area contributed by atoms with Crippen molar-refractivity contribution in [1.82, 2.24) is 4.98 Å². The predicted molar refractivity (Wildman–Crippen MR) is 49.3 cm³/mol. The summed E-state index contributed by atoms with van der Waals surface area (Å²) < 4.78 is 0. The largest absolute Gasteiger partial charge is 0.508 e. The molecule has 3 nitrogen and oxygen atoms in total. The molecule has 1 aromatic carbocycles. The van der Waals surface area contributed by atoms with Crippen LogP contribution in [0, 0.1) is 0 Å². The Hall–Kier alpha value is -1.61. The van der Waals surface area contributed by atoms with E-state index >= 15 is 0 Å². The molecule has 2 N–H and O–H groups in total. The molecule has 13 heavy (non-hydrogen) atoms. The van der Waals surface area contributed by atoms with Crippen LogP contribution in [0.2, 0.25) is 0 Å². The van der Waals surface area contributed by atoms with Gasteiger partial charge in [-0.25, -0.2) is 0 Å². The Morgan fingerprint density at radius 1 is 1.23 bits per heavy atom. The second-order valence-corrected chi connectivity index (χ2v) is 2.80. The molecule has 0 aliphatic rings. The number of rotatable bonds is 1. The number of fused-ring (bicyclic) bond motifs is 1. The van der Waals surface area contributed by atoms with Crippen LogP contribution in [0.5, 0.6) is 5.75 Å². The molecule has 2 aromatic rings. The van der Waals surface area contributed by atoms with E-state index in [1.54, 1.807) is 18.3 Å². The van der Waals surface area contributed by atoms with E-state index in [0.29, 0.717) is 11.1 Å². The summed E-state index contributed by atoms with van der Waals surface area (Å²) in [4.78, 5) is 4.09. The molecule has 2 rings (SSSR count). The number of nitrogens with zero attached hydrogens (tertiary/aromatic N) is 1. The molecule has 1 aromatic heterocycles. The van der Waals surface area contributed by atoms with E-state index < -0.39 is 0 Å². The number of hydrogen-bond donors (Lipinski definition) is 2. The Morgan fingerprint density at radius 3 is 2.85 bits per heavy atom. The third-order valence-corrected chi connectivity index (χ3v) is 2.01. The van der Waals surface area contributed by atoms with Crippen LogP contribution >= 0.6 is 0 Å². The average molecular weight is 175 g/mol. The van der Waals surface area contributed by atoms with E-state index in [-0.39, 0.29) is 12.4 Å². The topological polar surface area (TPSA) is 53.4 Å². The number of phenols is 1. The maximum absolute atomic E-state index is 9.41. The fraction of sp³-hybridized carbons (Fsp3) is 0.100. The molecule has 0 aliphatic carbocycles. The van der Waals surface area contributed by atoms with Crippen LogP contribution in [0.15, 0.2) is 30.5 Å². The van der Waals surface area contributed by atoms with Gasteiger partial charge in [0.1, 0.15) is 5.75 Å². The second kappa shape index (κ2) is 3.03. The van der Waals surface area contributed by atoms with Gasteiger partial charge in [0.15, 0.2) is 0 Å². The first kappa shape index (κ1) is 8.01. The molecule has 3 heteroatoms. The van der Waals surface area contributed by atoms with Gasteiger partial charge < -0.3 is 10.2 Å². The second-order valence-electron chi connectivity index (χ2n) is 2.80. The number of pyridine rings is 1. The van der Waals surface area contributed by atoms with Gasteiger partial charge in [-0.05, 0) is 18.2 Å². The van der Waals surface area contributed by atoms with Gasteiger partial charge in [0.2, 0.25) is 0 Å². The van der Waals surface area contributed by atoms with Gasteiger partial charge in [0.25, 0.3) is 0 Å². The van der Waals surface area contributed by atoms with Crippen LogP contribution in [0.1, 0.15) is 5.56 Å². The summed E-state index contributed by atoms with van der Waals surface area (Å²) >= 11 is 0. The molecule has 0 spiro atoms. The zero-order valence-electron chi connectivity index (χ0n) is 6.94. The summed E-state index contributed by atoms with van der Waals surface area (Å²) in [6, 6.07) is 7.05. The van der Waals surface area contributed by atoms with Crippen molar-refractivity contribution in [3.8, 4) is 5.75 Å². The van der Waals surface area contributed by atoms with Gasteiger partial charge in [0.05, 0.1) is 12.1 Å². The zero-order valence-corrected chi connectivity index (χ0v) is 6.94. The van der Waals surface area contributed by atoms with Gasteiger partial charge >= 0.3 is 0 Å². The van der Waals surface area contributed by atoms with Crippen LogP contribution < -0.4 is 0 Å². The highest BCUT2D eigenvalue weighted by Gasteiger charge is 2.05. The smallest absolute Gasteiger partial charge is 0.123 e. The molecule has 0 saturated heterocycles. The van der Waals surface area contributed by atoms with Crippen molar-refractivity contribution in [3.05, 3.63) is 36.0 Å². The Kier molecular flexibility index (Phi) is 1.87. The fourth-order valence-corrected chi connectivity index (χ4v) is 1.35. The highest BCUT2D eigenvalue weighted by Crippen LogP contribution is 2.24. The SMILES string of the molecule is OCc1c(O)ccc2cccnc12. The number of hydrogen-bond acceptors (Lipinski definition) is 3. The Bertz CT molecular complexity index is 440. The third-order valence-electron chi connectivity index (χ3n) is 2.01. The maximum Gasteiger partial charge on any atom is 0.123 e. The molecule has 0 bridgehead atoms. The average Bonchev–Trinajstić information content (AvgIpc) is 2.18. The van der Waals surface area contributed by atoms with Crippen molar-refractivity contribution in [2.24, 2.45) is 0 Å². The fourth-order valence-electron chi connectivity index (χ4n) is 1.35. The van der Waals surface area contributed by atoms with Gasteiger partial charge in [-0.3, -0.25) is 4.98 Å². The normalized spacial score (nSPS) is 10.5. The number of aliphatic hydroxyl groups excluding tert-OH is 1. The van der Waals surface area contributed by atoms with Crippen molar-refractivity contribution in [3.63, 3.8) is 0 Å². The summed E-state index contributed by atoms with van der Waals surface area (Å²) in [6.45, 7) is -0.194. The van der Waals surface area contributed by atoms with Crippen molar-refractivity contribution in [1.29, 1.82) is 0 Å². The van der Waals surface area contributed by atoms with Crippen LogP contribution in [0.3, 0.4) is 0 Å². The summed E-state index contributed by atoms with van der Waals surface area (Å²) in [7, 11) is 0. The maximum atomic E-state index is 9.41. The number of benzene rings is 1. The summed E-state index contributed by atoms with van der Waals surface area (Å²) in [5, 5.41) is 19.3. The molecular formula is C10H9NO2. The van der Waals surface area contributed by atoms with Crippen molar-refractivity contribution >= 4 is 10.9 Å². The molecule has 0 saturated carbocycles. The van der Waals surface area contributed by atoms with Crippen LogP contribution in [-0.4, -0.2) is 15.2 Å². The Labute approximate surface area is 75.3 Å². The summed E-state index contributed by atoms with van der Waals surface area (Å²) in [6.07, 6.45) is 1.64. The van der Waals surface area contributed by atoms with Crippen LogP contribution in [0.25, 0.3) is 10.9 Å². The highest BCUT2D eigenvalue weighted by molar-refractivity contribution is 5.83. The molecule has 66 valence electrons. The lowest BCUT2D eigenvalue weighted by Gasteiger charge is -2.04. The van der Waals surface area contributed by atoms with E-state index in [1.807, 2.05) is 12.1 Å². The van der Waals surface area contributed by atoms with E-state index in [1.165, 1.54) is 0 Å². The van der Waals surface area contributed by atoms with E-state index in [0.717, 1.165) is 5.39 Å². The highest BCUT2D eigenvalue weighted by atomic mass is 16.3. The van der Waals surface area contributed by atoms with Gasteiger partial charge in [-0.15, -0.1) is 0 Å². The molecular weight excluding hydrogens is 166 g/mol. The minimum absolute atomic E-state index is 0.0914. The lowest BCUT2D eigenvalue weighted by atomic mass is 10.1. The van der Waals surface area contributed by atoms with Crippen LogP contribution in [-0.2, 0) is 6.61 Å². The molecule has 0 atom stereocenters. The quantitative estimate of drug-likeness (QED) is 0.689. The van der Waals surface area contributed by atoms with Gasteiger partial charge in [-0.1, -0.05) is 6.07 Å². The Balaban J connectivity index is 2.84. The van der Waals surface area contributed by atoms with Gasteiger partial charge in [-0.2, -0.15) is 0 Å². The first-order valence-corrected chi connectivity index (χ1v) is 3.99. The minimum Gasteiger partial charge on any atom is -0.508 e. The monoisotopic (exact) mass is 175 g/mol. The van der Waals surface area contributed by atoms with E-state index in [9.17, 15) is 5.11 Å². The van der Waals surface area contributed by atoms with Crippen LogP contribution in [0.4, 0.5) is 0 Å². The first-order chi connectivity index (χ1) is 6.33. The van der Waals surface area contributed by atoms with Crippen molar-refractivity contribution in [2.45, 2.75) is 6.61 Å². The number of aromatic hydroxyl groups is 1. The summed E-state index contributed by atoms with van der Waals surface area (Å²) in [5.41, 5.74) is 1.14. The lowest BCUT2D eigenvalue weighted by molar-refractivity contribution is 0.277. The predicted octanol–water partition coefficient (Wildman–Crippen LogP) is 1.43. The van der Waals surface area contributed by atoms with Crippen molar-refractivity contribution in [2.75, 3.05) is 0 Å². The minimum atomic E-state index is -0.194. The number of aliphatic hydroxyl groups is 1. The Morgan fingerprint density at radius 2 is 2.08 bits per heavy atom. The lowest BCUT2D eigenvalue weighted by Crippen LogP contribution is -1.89. The first-order valence-electron chi connectivity index (χ1n) is 3.99. The molecule has 0 aliphatic heterocycles. The number of aromatic nitrogens is 1. The summed E-state index contributed by atoms with van der Waals surface area (Å²) in [5.74, 6) is 0.0914. The van der Waals surface area contributed by atoms with E-state index in [2.05, 4.69) is 4.98 Å². The zero-order chi connectivity index (χ0) is 9.26. The van der Waals surface area contributed by atoms with Crippen molar-refractivity contribution < 1.29 is 10.2 Å². The standard InChI is InChI=1S/C10H9NO2/c12-6-8-9(13)4-3-7-2-1-5-11-10(7)8/h1-5,12-13H,6H2. The van der Waals surface area contributed by atoms with E-state index in [4.69, 9.17) is 5.11 Å². The molecule has 0 fully saturated rings. The molecule has 0 amide bonds. The van der Waals surface area contributed by atoms with Gasteiger partial charge in [0, 0.05) is 17.1 Å².